The summed E-state index contributed by atoms with van der Waals surface area (Å²) in [6.07, 6.45) is 16.7. The smallest absolute Gasteiger partial charge is 0.0165 e. The van der Waals surface area contributed by atoms with Crippen molar-refractivity contribution < 1.29 is 0 Å². The van der Waals surface area contributed by atoms with Gasteiger partial charge in [0.25, 0.3) is 0 Å². The van der Waals surface area contributed by atoms with Crippen molar-refractivity contribution in [2.45, 2.75) is 25.7 Å². The van der Waals surface area contributed by atoms with Gasteiger partial charge in [0.15, 0.2) is 0 Å². The second kappa shape index (κ2) is 3.95. The van der Waals surface area contributed by atoms with Crippen LogP contribution in [0.15, 0.2) is 37.0 Å². The maximum atomic E-state index is 3.72. The minimum Gasteiger partial charge on any atom is -0.103 e. The van der Waals surface area contributed by atoms with Crippen LogP contribution in [0.3, 0.4) is 0 Å². The van der Waals surface area contributed by atoms with E-state index in [0.717, 1.165) is 24.2 Å². The van der Waals surface area contributed by atoms with E-state index in [2.05, 4.69) is 30.9 Å². The van der Waals surface area contributed by atoms with E-state index in [9.17, 15) is 0 Å². The van der Waals surface area contributed by atoms with Crippen molar-refractivity contribution in [1.82, 2.24) is 0 Å². The van der Waals surface area contributed by atoms with Gasteiger partial charge in [-0.25, -0.2) is 0 Å². The van der Waals surface area contributed by atoms with Crippen molar-refractivity contribution in [2.75, 3.05) is 0 Å². The predicted molar refractivity (Wildman–Crippen MR) is 57.4 cm³/mol. The lowest BCUT2D eigenvalue weighted by Crippen LogP contribution is -2.02. The normalized spacial score (nSPS) is 36.2. The Balaban J connectivity index is 1.80. The number of hydrogen-bond donors (Lipinski definition) is 0. The average Bonchev–Trinajstić information content (AvgIpc) is 2.73. The topological polar surface area (TPSA) is 0 Å². The Bertz CT molecular complexity index is 234. The molecule has 0 aromatic rings. The van der Waals surface area contributed by atoms with Gasteiger partial charge < -0.3 is 0 Å². The molecule has 13 heavy (non-hydrogen) atoms. The molecule has 2 aliphatic rings. The Morgan fingerprint density at radius 3 is 2.77 bits per heavy atom. The number of hydrogen-bond acceptors (Lipinski definition) is 0. The second-order valence-electron chi connectivity index (χ2n) is 4.24. The van der Waals surface area contributed by atoms with Crippen LogP contribution in [0, 0.1) is 17.8 Å². The molecular weight excluding hydrogens is 156 g/mol. The fourth-order valence-electron chi connectivity index (χ4n) is 2.53. The van der Waals surface area contributed by atoms with Crippen LogP contribution >= 0.6 is 0 Å². The van der Waals surface area contributed by atoms with Crippen LogP contribution in [0.1, 0.15) is 25.7 Å². The summed E-state index contributed by atoms with van der Waals surface area (Å²) in [6, 6.07) is 0. The molecule has 0 heteroatoms. The first-order valence-corrected chi connectivity index (χ1v) is 5.36. The molecule has 3 atom stereocenters. The van der Waals surface area contributed by atoms with Gasteiger partial charge in [-0.05, 0) is 43.4 Å². The second-order valence-corrected chi connectivity index (χ2v) is 4.24. The molecular formula is C13H18. The van der Waals surface area contributed by atoms with Gasteiger partial charge in [0.1, 0.15) is 0 Å². The van der Waals surface area contributed by atoms with Gasteiger partial charge in [-0.2, -0.15) is 0 Å². The van der Waals surface area contributed by atoms with Crippen LogP contribution < -0.4 is 0 Å². The third-order valence-corrected chi connectivity index (χ3v) is 3.25. The minimum atomic E-state index is 0.847. The highest BCUT2D eigenvalue weighted by Crippen LogP contribution is 2.43. The number of fused-ring (bicyclic) bond motifs is 2. The van der Waals surface area contributed by atoms with Crippen LogP contribution in [-0.4, -0.2) is 0 Å². The summed E-state index contributed by atoms with van der Waals surface area (Å²) in [5.41, 5.74) is 0. The average molecular weight is 174 g/mol. The van der Waals surface area contributed by atoms with E-state index in [4.69, 9.17) is 0 Å². The van der Waals surface area contributed by atoms with Gasteiger partial charge in [0, 0.05) is 0 Å². The highest BCUT2D eigenvalue weighted by Gasteiger charge is 2.33. The first kappa shape index (κ1) is 8.80. The Morgan fingerprint density at radius 2 is 2.15 bits per heavy atom. The van der Waals surface area contributed by atoms with Crippen LogP contribution in [0.5, 0.6) is 0 Å². The monoisotopic (exact) mass is 174 g/mol. The largest absolute Gasteiger partial charge is 0.103 e. The molecule has 0 aliphatic heterocycles. The third-order valence-electron chi connectivity index (χ3n) is 3.25. The highest BCUT2D eigenvalue weighted by molar-refractivity contribution is 5.14. The zero-order chi connectivity index (χ0) is 9.10. The van der Waals surface area contributed by atoms with Crippen LogP contribution in [0.25, 0.3) is 0 Å². The number of unbranched alkanes of at least 4 members (excludes halogenated alkanes) is 1. The van der Waals surface area contributed by atoms with Crippen molar-refractivity contribution in [3.63, 3.8) is 0 Å². The van der Waals surface area contributed by atoms with Crippen LogP contribution in [-0.2, 0) is 0 Å². The highest BCUT2D eigenvalue weighted by atomic mass is 14.4. The first-order chi connectivity index (χ1) is 6.40. The molecule has 2 bridgehead atoms. The molecule has 0 aromatic carbocycles. The first-order valence-electron chi connectivity index (χ1n) is 5.36. The predicted octanol–water partition coefficient (Wildman–Crippen LogP) is 3.72. The standard InChI is InChI=1S/C13H18/c1-2-3-4-5-6-12-9-11-7-8-13(12)10-11/h2,5-8,11-13H,1,3-4,9-10H2. The van der Waals surface area contributed by atoms with Crippen molar-refractivity contribution in [3.8, 4) is 0 Å². The van der Waals surface area contributed by atoms with Gasteiger partial charge in [0.05, 0.1) is 0 Å². The van der Waals surface area contributed by atoms with E-state index < -0.39 is 0 Å². The molecule has 0 nitrogen and oxygen atoms in total. The maximum absolute atomic E-state index is 3.72. The molecule has 0 spiro atoms. The van der Waals surface area contributed by atoms with Crippen molar-refractivity contribution in [2.24, 2.45) is 17.8 Å². The Morgan fingerprint density at radius 1 is 1.23 bits per heavy atom. The van der Waals surface area contributed by atoms with E-state index in [-0.39, 0.29) is 0 Å². The fourth-order valence-corrected chi connectivity index (χ4v) is 2.53. The summed E-state index contributed by atoms with van der Waals surface area (Å²) in [7, 11) is 0. The summed E-state index contributed by atoms with van der Waals surface area (Å²) in [5, 5.41) is 0. The molecule has 0 N–H and O–H groups in total. The quantitative estimate of drug-likeness (QED) is 0.450. The molecule has 1 fully saturated rings. The lowest BCUT2D eigenvalue weighted by Gasteiger charge is -2.12. The molecule has 2 aliphatic carbocycles. The molecule has 0 aromatic heterocycles. The molecule has 2 rings (SSSR count). The fraction of sp³-hybridized carbons (Fsp3) is 0.538. The molecule has 1 saturated carbocycles. The van der Waals surface area contributed by atoms with Crippen molar-refractivity contribution in [3.05, 3.63) is 37.0 Å². The molecule has 0 heterocycles. The van der Waals surface area contributed by atoms with Crippen molar-refractivity contribution >= 4 is 0 Å². The SMILES string of the molecule is C=CCCC=CC1CC2C=CC1C2. The molecule has 0 amide bonds. The van der Waals surface area contributed by atoms with Crippen molar-refractivity contribution in [1.29, 1.82) is 0 Å². The summed E-state index contributed by atoms with van der Waals surface area (Å²) < 4.78 is 0. The lowest BCUT2D eigenvalue weighted by atomic mass is 9.93. The summed E-state index contributed by atoms with van der Waals surface area (Å²) in [4.78, 5) is 0. The van der Waals surface area contributed by atoms with Gasteiger partial charge in [0.2, 0.25) is 0 Å². The molecule has 3 unspecified atom stereocenters. The van der Waals surface area contributed by atoms with Gasteiger partial charge in [-0.15, -0.1) is 6.58 Å². The van der Waals surface area contributed by atoms with Gasteiger partial charge >= 0.3 is 0 Å². The van der Waals surface area contributed by atoms with E-state index in [1.165, 1.54) is 19.3 Å². The van der Waals surface area contributed by atoms with E-state index in [1.54, 1.807) is 0 Å². The van der Waals surface area contributed by atoms with E-state index >= 15 is 0 Å². The third kappa shape index (κ3) is 1.93. The van der Waals surface area contributed by atoms with Gasteiger partial charge in [-0.1, -0.05) is 30.4 Å². The lowest BCUT2D eigenvalue weighted by molar-refractivity contribution is 0.548. The molecule has 70 valence electrons. The Kier molecular flexibility index (Phi) is 2.68. The zero-order valence-corrected chi connectivity index (χ0v) is 8.15. The maximum Gasteiger partial charge on any atom is -0.0165 e. The zero-order valence-electron chi connectivity index (χ0n) is 8.15. The molecule has 0 saturated heterocycles. The molecule has 0 radical (unpaired) electrons. The van der Waals surface area contributed by atoms with E-state index in [0.29, 0.717) is 0 Å². The Hall–Kier alpha value is -0.780. The van der Waals surface area contributed by atoms with Gasteiger partial charge in [-0.3, -0.25) is 0 Å². The minimum absolute atomic E-state index is 0.847. The summed E-state index contributed by atoms with van der Waals surface area (Å²) in [6.45, 7) is 3.72. The van der Waals surface area contributed by atoms with Crippen LogP contribution in [0.2, 0.25) is 0 Å². The number of allylic oxidation sites excluding steroid dienone is 5. The summed E-state index contributed by atoms with van der Waals surface area (Å²) in [5.74, 6) is 2.61. The summed E-state index contributed by atoms with van der Waals surface area (Å²) >= 11 is 0. The Labute approximate surface area is 81.0 Å². The van der Waals surface area contributed by atoms with E-state index in [1.807, 2.05) is 6.08 Å². The van der Waals surface area contributed by atoms with Crippen LogP contribution in [0.4, 0.5) is 0 Å². The number of rotatable bonds is 4.